The Morgan fingerprint density at radius 3 is 2.45 bits per heavy atom. The van der Waals surface area contributed by atoms with Gasteiger partial charge in [0.2, 0.25) is 11.6 Å². The van der Waals surface area contributed by atoms with Gasteiger partial charge in [-0.15, -0.1) is 0 Å². The third-order valence-electron chi connectivity index (χ3n) is 6.49. The summed E-state index contributed by atoms with van der Waals surface area (Å²) in [5.41, 5.74) is 8.18. The fourth-order valence-corrected chi connectivity index (χ4v) is 6.28. The van der Waals surface area contributed by atoms with Crippen LogP contribution in [-0.2, 0) is 24.1 Å². The van der Waals surface area contributed by atoms with Gasteiger partial charge < -0.3 is 25.2 Å². The zero-order valence-corrected chi connectivity index (χ0v) is 25.0. The molecule has 0 amide bonds. The molecule has 1 aliphatic heterocycles. The number of thioether (sulfide) groups is 1. The number of hydrogen-bond acceptors (Lipinski definition) is 12. The lowest BCUT2D eigenvalue weighted by atomic mass is 9.97. The predicted octanol–water partition coefficient (Wildman–Crippen LogP) is 2.09. The molecule has 0 spiro atoms. The third-order valence-corrected chi connectivity index (χ3v) is 8.52. The summed E-state index contributed by atoms with van der Waals surface area (Å²) in [5.74, 6) is -3.80. The van der Waals surface area contributed by atoms with Crippen molar-refractivity contribution in [1.82, 2.24) is 14.4 Å². The van der Waals surface area contributed by atoms with E-state index in [-0.39, 0.29) is 24.0 Å². The average molecular weight is 628 g/mol. The van der Waals surface area contributed by atoms with E-state index < -0.39 is 58.3 Å². The lowest BCUT2D eigenvalue weighted by Gasteiger charge is -2.32. The van der Waals surface area contributed by atoms with Gasteiger partial charge in [-0.25, -0.2) is 19.2 Å². The Labute approximate surface area is 247 Å². The monoisotopic (exact) mass is 627 g/mol. The molecule has 3 rings (SSSR count). The summed E-state index contributed by atoms with van der Waals surface area (Å²) in [5, 5.41) is 29.2. The maximum Gasteiger partial charge on any atom is 0.407 e. The average Bonchev–Trinajstić information content (AvgIpc) is 3.06. The van der Waals surface area contributed by atoms with Gasteiger partial charge in [-0.1, -0.05) is 32.9 Å². The fraction of sp³-hybridized carbons (Fsp3) is 0.462. The van der Waals surface area contributed by atoms with Gasteiger partial charge in [0.25, 0.3) is 0 Å². The molecule has 2 heterocycles. The Bertz CT molecular complexity index is 1440. The normalized spacial score (nSPS) is 20.9. The van der Waals surface area contributed by atoms with Gasteiger partial charge in [-0.05, 0) is 46.6 Å². The summed E-state index contributed by atoms with van der Waals surface area (Å²) in [7, 11) is -4.68. The van der Waals surface area contributed by atoms with Gasteiger partial charge in [0.15, 0.2) is 0 Å². The smallest absolute Gasteiger partial charge is 0.407 e. The van der Waals surface area contributed by atoms with Crippen molar-refractivity contribution in [3.05, 3.63) is 47.4 Å². The number of halogens is 1. The number of carbonyl (C=O) groups is 2. The van der Waals surface area contributed by atoms with Gasteiger partial charge in [0.1, 0.15) is 5.82 Å². The fourth-order valence-electron chi connectivity index (χ4n) is 4.30. The van der Waals surface area contributed by atoms with Crippen LogP contribution in [0.3, 0.4) is 0 Å². The minimum atomic E-state index is -4.68. The number of nitrogens with two attached hydrogens (primary N) is 1. The van der Waals surface area contributed by atoms with E-state index in [0.29, 0.717) is 27.0 Å². The summed E-state index contributed by atoms with van der Waals surface area (Å²) < 4.78 is 44.6. The van der Waals surface area contributed by atoms with Crippen LogP contribution in [0.5, 0.6) is 0 Å². The van der Waals surface area contributed by atoms with Gasteiger partial charge in [0, 0.05) is 23.5 Å². The number of benzene rings is 1. The van der Waals surface area contributed by atoms with Crippen molar-refractivity contribution >= 4 is 46.0 Å². The lowest BCUT2D eigenvalue weighted by molar-refractivity contribution is -0.141. The second-order valence-electron chi connectivity index (χ2n) is 10.2. The molecule has 0 radical (unpaired) electrons. The number of hydrazine groups is 1. The molecule has 230 valence electrons. The first kappa shape index (κ1) is 33.4. The van der Waals surface area contributed by atoms with E-state index in [0.717, 1.165) is 0 Å². The molecule has 0 saturated carbocycles. The molecule has 0 bridgehead atoms. The molecule has 1 saturated heterocycles. The standard InChI is InChI=1S/C26H34FN5O8S2/c1-14(2)22-20(10-9-18(33)11-19(34)12-21(35)36)23(16-5-7-17(27)8-6-16)30-25(29-22)31-32-26(28,15(3)13-41-4)24(37)40-42(32,38)39/h5-10,14-15,18-19,33-34H,11-13,28H2,1-4H3,(H,35,36)(H,29,30,31)/b10-9+/t15?,18-,19-,26?/m1/s1. The topological polar surface area (TPSA) is 205 Å². The molecule has 6 N–H and O–H groups in total. The van der Waals surface area contributed by atoms with Crippen LogP contribution in [0.4, 0.5) is 10.3 Å². The van der Waals surface area contributed by atoms with Crippen LogP contribution in [0.1, 0.15) is 50.8 Å². The summed E-state index contributed by atoms with van der Waals surface area (Å²) in [6.07, 6.45) is 1.28. The highest BCUT2D eigenvalue weighted by atomic mass is 32.2. The number of carboxylic acid groups (broad SMARTS) is 1. The zero-order chi connectivity index (χ0) is 31.4. The molecule has 1 aromatic heterocycles. The second kappa shape index (κ2) is 13.4. The van der Waals surface area contributed by atoms with E-state index in [1.165, 1.54) is 48.2 Å². The quantitative estimate of drug-likeness (QED) is 0.216. The highest BCUT2D eigenvalue weighted by Gasteiger charge is 2.61. The highest BCUT2D eigenvalue weighted by Crippen LogP contribution is 2.35. The number of hydrogen-bond donors (Lipinski definition) is 5. The number of aliphatic hydroxyl groups excluding tert-OH is 2. The highest BCUT2D eigenvalue weighted by molar-refractivity contribution is 7.98. The first-order chi connectivity index (χ1) is 19.6. The molecule has 4 atom stereocenters. The number of carbonyl (C=O) groups excluding carboxylic acids is 1. The van der Waals surface area contributed by atoms with E-state index in [1.807, 2.05) is 0 Å². The Morgan fingerprint density at radius 2 is 1.88 bits per heavy atom. The van der Waals surface area contributed by atoms with E-state index in [9.17, 15) is 32.6 Å². The van der Waals surface area contributed by atoms with Gasteiger partial charge in [-0.2, -0.15) is 20.2 Å². The van der Waals surface area contributed by atoms with Crippen molar-refractivity contribution in [2.45, 2.75) is 57.4 Å². The molecule has 0 aliphatic carbocycles. The van der Waals surface area contributed by atoms with Crippen LogP contribution in [0.25, 0.3) is 17.3 Å². The minimum Gasteiger partial charge on any atom is -0.481 e. The number of anilines is 1. The van der Waals surface area contributed by atoms with Crippen LogP contribution in [0.15, 0.2) is 30.3 Å². The molecule has 2 unspecified atom stereocenters. The Morgan fingerprint density at radius 1 is 1.24 bits per heavy atom. The minimum absolute atomic E-state index is 0.217. The third kappa shape index (κ3) is 7.43. The summed E-state index contributed by atoms with van der Waals surface area (Å²) in [6, 6.07) is 5.30. The van der Waals surface area contributed by atoms with Crippen molar-refractivity contribution in [3.63, 3.8) is 0 Å². The molecular formula is C26H34FN5O8S2. The SMILES string of the molecule is CSCC(C)C1(N)C(=O)OS(=O)(=O)N1Nc1nc(-c2ccc(F)cc2)c(/C=C/[C@@H](O)C[C@@H](O)CC(=O)O)c(C(C)C)n1. The second-order valence-corrected chi connectivity index (χ2v) is 12.5. The first-order valence-corrected chi connectivity index (χ1v) is 15.6. The van der Waals surface area contributed by atoms with Gasteiger partial charge in [-0.3, -0.25) is 10.2 Å². The molecule has 1 fully saturated rings. The zero-order valence-electron chi connectivity index (χ0n) is 23.4. The first-order valence-electron chi connectivity index (χ1n) is 12.9. The number of aromatic nitrogens is 2. The Kier molecular flexibility index (Phi) is 10.7. The number of nitrogens with one attached hydrogen (secondary N) is 1. The maximum atomic E-state index is 13.8. The number of carboxylic acids is 1. The van der Waals surface area contributed by atoms with E-state index in [1.54, 1.807) is 27.0 Å². The van der Waals surface area contributed by atoms with E-state index in [4.69, 9.17) is 10.8 Å². The van der Waals surface area contributed by atoms with E-state index in [2.05, 4.69) is 19.6 Å². The molecule has 42 heavy (non-hydrogen) atoms. The predicted molar refractivity (Wildman–Crippen MR) is 154 cm³/mol. The van der Waals surface area contributed by atoms with Crippen molar-refractivity contribution in [1.29, 1.82) is 0 Å². The largest absolute Gasteiger partial charge is 0.481 e. The maximum absolute atomic E-state index is 13.8. The van der Waals surface area contributed by atoms with Crippen LogP contribution in [0, 0.1) is 11.7 Å². The number of nitrogens with zero attached hydrogens (tertiary/aromatic N) is 3. The van der Waals surface area contributed by atoms with Crippen molar-refractivity contribution in [2.24, 2.45) is 11.7 Å². The van der Waals surface area contributed by atoms with Crippen LogP contribution in [-0.4, -0.2) is 79.9 Å². The summed E-state index contributed by atoms with van der Waals surface area (Å²) >= 11 is 1.36. The molecular weight excluding hydrogens is 593 g/mol. The summed E-state index contributed by atoms with van der Waals surface area (Å²) in [4.78, 5) is 32.5. The lowest BCUT2D eigenvalue weighted by Crippen LogP contribution is -2.63. The van der Waals surface area contributed by atoms with Crippen LogP contribution >= 0.6 is 11.8 Å². The van der Waals surface area contributed by atoms with Crippen LogP contribution < -0.4 is 11.2 Å². The van der Waals surface area contributed by atoms with Crippen molar-refractivity contribution in [3.8, 4) is 11.3 Å². The molecule has 13 nitrogen and oxygen atoms in total. The van der Waals surface area contributed by atoms with Gasteiger partial charge in [0.05, 0.1) is 30.0 Å². The molecule has 1 aromatic carbocycles. The van der Waals surface area contributed by atoms with Crippen molar-refractivity contribution < 1.29 is 41.9 Å². The van der Waals surface area contributed by atoms with E-state index >= 15 is 0 Å². The molecule has 2 aromatic rings. The van der Waals surface area contributed by atoms with Gasteiger partial charge >= 0.3 is 22.2 Å². The number of aliphatic carboxylic acids is 1. The Balaban J connectivity index is 2.13. The van der Waals surface area contributed by atoms with Crippen LogP contribution in [0.2, 0.25) is 0 Å². The molecule has 1 aliphatic rings. The number of aliphatic hydroxyl groups is 2. The molecule has 16 heteroatoms. The van der Waals surface area contributed by atoms with Crippen molar-refractivity contribution in [2.75, 3.05) is 17.4 Å². The Hall–Kier alpha value is -3.15. The number of rotatable bonds is 13. The summed E-state index contributed by atoms with van der Waals surface area (Å²) in [6.45, 7) is 5.21.